The van der Waals surface area contributed by atoms with Gasteiger partial charge in [-0.05, 0) is 61.4 Å². The first-order chi connectivity index (χ1) is 17.1. The summed E-state index contributed by atoms with van der Waals surface area (Å²) < 4.78 is 5.47. The molecule has 176 valence electrons. The lowest BCUT2D eigenvalue weighted by Crippen LogP contribution is -2.32. The predicted molar refractivity (Wildman–Crippen MR) is 133 cm³/mol. The topological polar surface area (TPSA) is 95.5 Å². The van der Waals surface area contributed by atoms with E-state index in [1.165, 1.54) is 4.90 Å². The lowest BCUT2D eigenvalue weighted by Gasteiger charge is -2.24. The summed E-state index contributed by atoms with van der Waals surface area (Å²) in [5, 5.41) is 12.3. The van der Waals surface area contributed by atoms with Crippen LogP contribution in [-0.2, 0) is 16.0 Å². The molecule has 1 amide bonds. The van der Waals surface area contributed by atoms with E-state index in [9.17, 15) is 14.7 Å². The average Bonchev–Trinajstić information content (AvgIpc) is 3.42. The van der Waals surface area contributed by atoms with Crippen LogP contribution in [0.15, 0.2) is 84.7 Å². The third kappa shape index (κ3) is 4.17. The maximum Gasteiger partial charge on any atom is 0.295 e. The molecule has 7 nitrogen and oxygen atoms in total. The number of benzene rings is 2. The minimum atomic E-state index is -0.784. The van der Waals surface area contributed by atoms with Gasteiger partial charge in [-0.15, -0.1) is 0 Å². The summed E-state index contributed by atoms with van der Waals surface area (Å²) in [6.45, 7) is 2.71. The number of H-pyrrole nitrogens is 1. The standard InChI is InChI=1S/C28H25N3O4/c1-2-35-20-12-10-18(11-13-20)26(32)24-25(23-9-5-6-15-29-23)31(28(34)27(24)33)16-14-19-17-30-22-8-4-3-7-21(19)22/h3-13,15,17,25,30,32H,2,14,16H2,1H3. The van der Waals surface area contributed by atoms with Gasteiger partial charge in [0.25, 0.3) is 11.7 Å². The molecule has 1 fully saturated rings. The third-order valence-corrected chi connectivity index (χ3v) is 6.24. The van der Waals surface area contributed by atoms with E-state index in [2.05, 4.69) is 9.97 Å². The molecule has 7 heteroatoms. The van der Waals surface area contributed by atoms with Gasteiger partial charge in [0, 0.05) is 35.4 Å². The molecule has 2 aromatic heterocycles. The third-order valence-electron chi connectivity index (χ3n) is 6.24. The number of hydrogen-bond acceptors (Lipinski definition) is 5. The summed E-state index contributed by atoms with van der Waals surface area (Å²) >= 11 is 0. The lowest BCUT2D eigenvalue weighted by atomic mass is 9.98. The number of pyridine rings is 1. The fourth-order valence-corrected chi connectivity index (χ4v) is 4.57. The number of ether oxygens (including phenoxy) is 1. The monoisotopic (exact) mass is 467 g/mol. The van der Waals surface area contributed by atoms with E-state index >= 15 is 0 Å². The van der Waals surface area contributed by atoms with Crippen LogP contribution in [0, 0.1) is 0 Å². The first-order valence-corrected chi connectivity index (χ1v) is 11.6. The van der Waals surface area contributed by atoms with Crippen molar-refractivity contribution in [2.75, 3.05) is 13.2 Å². The summed E-state index contributed by atoms with van der Waals surface area (Å²) in [4.78, 5) is 35.5. The number of aliphatic hydroxyl groups excluding tert-OH is 1. The van der Waals surface area contributed by atoms with Gasteiger partial charge < -0.3 is 19.7 Å². The Morgan fingerprint density at radius 1 is 1.06 bits per heavy atom. The Labute approximate surface area is 202 Å². The highest BCUT2D eigenvalue weighted by atomic mass is 16.5. The van der Waals surface area contributed by atoms with Crippen molar-refractivity contribution >= 4 is 28.4 Å². The minimum absolute atomic E-state index is 0.0387. The van der Waals surface area contributed by atoms with Crippen LogP contribution in [0.5, 0.6) is 5.75 Å². The van der Waals surface area contributed by atoms with Crippen LogP contribution in [-0.4, -0.2) is 44.8 Å². The number of aromatic nitrogens is 2. The van der Waals surface area contributed by atoms with Crippen LogP contribution in [0.4, 0.5) is 0 Å². The van der Waals surface area contributed by atoms with Crippen molar-refractivity contribution in [3.05, 3.63) is 102 Å². The van der Waals surface area contributed by atoms with E-state index in [1.807, 2.05) is 37.4 Å². The highest BCUT2D eigenvalue weighted by molar-refractivity contribution is 6.46. The van der Waals surface area contributed by atoms with Gasteiger partial charge in [0.1, 0.15) is 17.6 Å². The second-order valence-corrected chi connectivity index (χ2v) is 8.31. The van der Waals surface area contributed by atoms with Crippen LogP contribution >= 0.6 is 0 Å². The van der Waals surface area contributed by atoms with Crippen LogP contribution in [0.25, 0.3) is 16.7 Å². The summed E-state index contributed by atoms with van der Waals surface area (Å²) in [7, 11) is 0. The van der Waals surface area contributed by atoms with Crippen molar-refractivity contribution in [2.45, 2.75) is 19.4 Å². The summed E-state index contributed by atoms with van der Waals surface area (Å²) in [5.74, 6) is -0.930. The van der Waals surface area contributed by atoms with Gasteiger partial charge in [-0.2, -0.15) is 0 Å². The maximum atomic E-state index is 13.2. The molecular weight excluding hydrogens is 442 g/mol. The number of likely N-dealkylation sites (tertiary alicyclic amines) is 1. The summed E-state index contributed by atoms with van der Waals surface area (Å²) in [5.41, 5.74) is 3.06. The number of aromatic amines is 1. The first-order valence-electron chi connectivity index (χ1n) is 11.6. The first kappa shape index (κ1) is 22.4. The molecule has 2 N–H and O–H groups in total. The maximum absolute atomic E-state index is 13.2. The normalized spacial score (nSPS) is 17.3. The van der Waals surface area contributed by atoms with Gasteiger partial charge in [-0.25, -0.2) is 0 Å². The summed E-state index contributed by atoms with van der Waals surface area (Å²) in [6.07, 6.45) is 4.09. The van der Waals surface area contributed by atoms with E-state index in [1.54, 1.807) is 48.7 Å². The Kier molecular flexibility index (Phi) is 6.06. The molecule has 2 aromatic carbocycles. The van der Waals surface area contributed by atoms with E-state index in [-0.39, 0.29) is 11.3 Å². The van der Waals surface area contributed by atoms with Crippen LogP contribution in [0.3, 0.4) is 0 Å². The van der Waals surface area contributed by atoms with E-state index in [4.69, 9.17) is 4.74 Å². The number of nitrogens with one attached hydrogen (secondary N) is 1. The van der Waals surface area contributed by atoms with E-state index < -0.39 is 17.7 Å². The molecule has 0 saturated carbocycles. The second-order valence-electron chi connectivity index (χ2n) is 8.31. The van der Waals surface area contributed by atoms with Crippen molar-refractivity contribution in [1.29, 1.82) is 0 Å². The molecule has 4 aromatic rings. The van der Waals surface area contributed by atoms with Crippen molar-refractivity contribution in [1.82, 2.24) is 14.9 Å². The largest absolute Gasteiger partial charge is 0.507 e. The Morgan fingerprint density at radius 3 is 2.57 bits per heavy atom. The molecular formula is C28H25N3O4. The average molecular weight is 468 g/mol. The number of Topliss-reactive ketones (excluding diaryl/α,β-unsaturated/α-hetero) is 1. The molecule has 1 saturated heterocycles. The molecule has 3 heterocycles. The Hall–Kier alpha value is -4.39. The van der Waals surface area contributed by atoms with E-state index in [0.29, 0.717) is 36.6 Å². The number of amides is 1. The molecule has 1 unspecified atom stereocenters. The number of ketones is 1. The number of rotatable bonds is 7. The number of para-hydroxylation sites is 1. The molecule has 0 aliphatic carbocycles. The number of nitrogens with zero attached hydrogens (tertiary/aromatic N) is 2. The Balaban J connectivity index is 1.52. The van der Waals surface area contributed by atoms with Crippen molar-refractivity contribution in [2.24, 2.45) is 0 Å². The van der Waals surface area contributed by atoms with Crippen LogP contribution in [0.1, 0.15) is 29.8 Å². The minimum Gasteiger partial charge on any atom is -0.507 e. The molecule has 1 aliphatic heterocycles. The van der Waals surface area contributed by atoms with Crippen molar-refractivity contribution < 1.29 is 19.4 Å². The molecule has 5 rings (SSSR count). The molecule has 0 bridgehead atoms. The fraction of sp³-hybridized carbons (Fsp3) is 0.179. The zero-order valence-electron chi connectivity index (χ0n) is 19.3. The highest BCUT2D eigenvalue weighted by Gasteiger charge is 2.46. The number of carbonyl (C=O) groups excluding carboxylic acids is 2. The number of fused-ring (bicyclic) bond motifs is 1. The van der Waals surface area contributed by atoms with Gasteiger partial charge in [0.15, 0.2) is 0 Å². The zero-order valence-corrected chi connectivity index (χ0v) is 19.3. The van der Waals surface area contributed by atoms with Gasteiger partial charge in [-0.3, -0.25) is 14.6 Å². The van der Waals surface area contributed by atoms with Gasteiger partial charge in [0.2, 0.25) is 0 Å². The second kappa shape index (κ2) is 9.46. The quantitative estimate of drug-likeness (QED) is 0.235. The number of aliphatic hydroxyl groups is 1. The SMILES string of the molecule is CCOc1ccc(C(O)=C2C(=O)C(=O)N(CCc3c[nH]c4ccccc34)C2c2ccccn2)cc1. The van der Waals surface area contributed by atoms with Gasteiger partial charge in [0.05, 0.1) is 17.9 Å². The number of hydrogen-bond donors (Lipinski definition) is 2. The molecule has 1 aliphatic rings. The Morgan fingerprint density at radius 2 is 1.83 bits per heavy atom. The molecule has 1 atom stereocenters. The molecule has 0 radical (unpaired) electrons. The zero-order chi connectivity index (χ0) is 24.4. The molecule has 0 spiro atoms. The smallest absolute Gasteiger partial charge is 0.295 e. The number of carbonyl (C=O) groups is 2. The van der Waals surface area contributed by atoms with Crippen molar-refractivity contribution in [3.8, 4) is 5.75 Å². The predicted octanol–water partition coefficient (Wildman–Crippen LogP) is 4.63. The summed E-state index contributed by atoms with van der Waals surface area (Å²) in [6, 6.07) is 19.3. The van der Waals surface area contributed by atoms with Gasteiger partial charge in [-0.1, -0.05) is 24.3 Å². The Bertz CT molecular complexity index is 1410. The van der Waals surface area contributed by atoms with Gasteiger partial charge >= 0.3 is 0 Å². The van der Waals surface area contributed by atoms with Crippen molar-refractivity contribution in [3.63, 3.8) is 0 Å². The lowest BCUT2D eigenvalue weighted by molar-refractivity contribution is -0.139. The van der Waals surface area contributed by atoms with Crippen LogP contribution < -0.4 is 4.74 Å². The van der Waals surface area contributed by atoms with E-state index in [0.717, 1.165) is 16.5 Å². The highest BCUT2D eigenvalue weighted by Crippen LogP contribution is 2.39. The fourth-order valence-electron chi connectivity index (χ4n) is 4.57. The molecule has 35 heavy (non-hydrogen) atoms. The van der Waals surface area contributed by atoms with Crippen LogP contribution in [0.2, 0.25) is 0 Å².